The van der Waals surface area contributed by atoms with Crippen LogP contribution in [0.1, 0.15) is 11.3 Å². The molecule has 2 aromatic heterocycles. The third-order valence-electron chi connectivity index (χ3n) is 2.16. The van der Waals surface area contributed by atoms with Crippen LogP contribution in [0, 0.1) is 0 Å². The highest BCUT2D eigenvalue weighted by Gasteiger charge is 2.03. The van der Waals surface area contributed by atoms with Crippen LogP contribution in [0.5, 0.6) is 0 Å². The van der Waals surface area contributed by atoms with E-state index >= 15 is 0 Å². The maximum atomic E-state index is 5.83. The summed E-state index contributed by atoms with van der Waals surface area (Å²) in [5, 5.41) is 2.61. The topological polar surface area (TPSA) is 29.0 Å². The number of hydrogen-bond donors (Lipinski definition) is 0. The summed E-state index contributed by atoms with van der Waals surface area (Å²) in [5.41, 5.74) is 4.12. The minimum absolute atomic E-state index is 0.541. The van der Waals surface area contributed by atoms with Crippen molar-refractivity contribution in [1.82, 2.24) is 14.9 Å². The van der Waals surface area contributed by atoms with Gasteiger partial charge in [-0.1, -0.05) is 11.6 Å². The molecule has 0 radical (unpaired) electrons. The van der Waals surface area contributed by atoms with Gasteiger partial charge in [-0.05, 0) is 24.7 Å². The molecule has 0 atom stereocenters. The van der Waals surface area contributed by atoms with Crippen molar-refractivity contribution in [3.8, 4) is 0 Å². The Hall–Kier alpha value is -0.970. The molecule has 0 amide bonds. The molecule has 0 aliphatic rings. The molecule has 0 aliphatic carbocycles. The lowest BCUT2D eigenvalue weighted by molar-refractivity contribution is 0.315. The molecule has 5 heteroatoms. The van der Waals surface area contributed by atoms with Gasteiger partial charge in [-0.2, -0.15) is 0 Å². The summed E-state index contributed by atoms with van der Waals surface area (Å²) in [6.45, 7) is 1.70. The van der Waals surface area contributed by atoms with E-state index in [4.69, 9.17) is 11.6 Å². The van der Waals surface area contributed by atoms with Gasteiger partial charge in [0, 0.05) is 24.7 Å². The van der Waals surface area contributed by atoms with Gasteiger partial charge in [-0.25, -0.2) is 9.97 Å². The Balaban J connectivity index is 1.94. The highest BCUT2D eigenvalue weighted by Crippen LogP contribution is 2.11. The summed E-state index contributed by atoms with van der Waals surface area (Å²) in [6, 6.07) is 3.86. The second-order valence-electron chi connectivity index (χ2n) is 3.64. The predicted octanol–water partition coefficient (Wildman–Crippen LogP) is 2.82. The van der Waals surface area contributed by atoms with Crippen molar-refractivity contribution in [1.29, 1.82) is 0 Å². The number of nitrogens with zero attached hydrogens (tertiary/aromatic N) is 3. The Labute approximate surface area is 104 Å². The molecular formula is C11H12ClN3S. The van der Waals surface area contributed by atoms with Crippen molar-refractivity contribution in [3.63, 3.8) is 0 Å². The van der Waals surface area contributed by atoms with E-state index in [9.17, 15) is 0 Å². The van der Waals surface area contributed by atoms with E-state index in [0.29, 0.717) is 5.15 Å². The molecule has 3 nitrogen and oxygen atoms in total. The molecule has 0 fully saturated rings. The minimum atomic E-state index is 0.541. The van der Waals surface area contributed by atoms with E-state index in [0.717, 1.165) is 24.3 Å². The SMILES string of the molecule is CN(Cc1ccnc(Cl)c1)Cc1cscn1. The van der Waals surface area contributed by atoms with Crippen LogP contribution >= 0.6 is 22.9 Å². The van der Waals surface area contributed by atoms with Crippen molar-refractivity contribution in [2.75, 3.05) is 7.05 Å². The normalized spacial score (nSPS) is 10.9. The zero-order chi connectivity index (χ0) is 11.4. The number of rotatable bonds is 4. The molecule has 0 aliphatic heterocycles. The van der Waals surface area contributed by atoms with Crippen molar-refractivity contribution in [2.24, 2.45) is 0 Å². The van der Waals surface area contributed by atoms with Crippen LogP contribution in [0.3, 0.4) is 0 Å². The van der Waals surface area contributed by atoms with E-state index < -0.39 is 0 Å². The van der Waals surface area contributed by atoms with Gasteiger partial charge in [0.25, 0.3) is 0 Å². The van der Waals surface area contributed by atoms with Crippen LogP contribution in [-0.4, -0.2) is 21.9 Å². The average molecular weight is 254 g/mol. The molecule has 0 unspecified atom stereocenters. The smallest absolute Gasteiger partial charge is 0.129 e. The second-order valence-corrected chi connectivity index (χ2v) is 4.74. The van der Waals surface area contributed by atoms with Crippen LogP contribution in [0.25, 0.3) is 0 Å². The first-order valence-corrected chi connectivity index (χ1v) is 6.22. The van der Waals surface area contributed by atoms with Gasteiger partial charge in [0.1, 0.15) is 5.15 Å². The maximum absolute atomic E-state index is 5.83. The first-order chi connectivity index (χ1) is 7.74. The molecule has 0 saturated carbocycles. The Morgan fingerprint density at radius 1 is 1.38 bits per heavy atom. The summed E-state index contributed by atoms with van der Waals surface area (Å²) in [4.78, 5) is 10.4. The summed E-state index contributed by atoms with van der Waals surface area (Å²) < 4.78 is 0. The molecule has 2 rings (SSSR count). The van der Waals surface area contributed by atoms with E-state index in [-0.39, 0.29) is 0 Å². The standard InChI is InChI=1S/C11H12ClN3S/c1-15(6-10-7-16-8-14-10)5-9-2-3-13-11(12)4-9/h2-4,7-8H,5-6H2,1H3. The van der Waals surface area contributed by atoms with E-state index in [2.05, 4.69) is 27.3 Å². The van der Waals surface area contributed by atoms with Crippen molar-refractivity contribution >= 4 is 22.9 Å². The van der Waals surface area contributed by atoms with Gasteiger partial charge in [0.15, 0.2) is 0 Å². The van der Waals surface area contributed by atoms with Crippen molar-refractivity contribution < 1.29 is 0 Å². The lowest BCUT2D eigenvalue weighted by atomic mass is 10.2. The summed E-state index contributed by atoms with van der Waals surface area (Å²) in [5.74, 6) is 0. The summed E-state index contributed by atoms with van der Waals surface area (Å²) in [7, 11) is 2.06. The molecule has 0 aromatic carbocycles. The highest BCUT2D eigenvalue weighted by atomic mass is 35.5. The van der Waals surface area contributed by atoms with Crippen molar-refractivity contribution in [3.05, 3.63) is 45.6 Å². The number of hydrogen-bond acceptors (Lipinski definition) is 4. The van der Waals surface area contributed by atoms with Crippen LogP contribution < -0.4 is 0 Å². The molecule has 0 spiro atoms. The molecule has 0 N–H and O–H groups in total. The van der Waals surface area contributed by atoms with Gasteiger partial charge < -0.3 is 0 Å². The zero-order valence-corrected chi connectivity index (χ0v) is 10.5. The Morgan fingerprint density at radius 3 is 2.94 bits per heavy atom. The first-order valence-electron chi connectivity index (χ1n) is 4.90. The fourth-order valence-corrected chi connectivity index (χ4v) is 2.25. The Kier molecular flexibility index (Phi) is 3.88. The van der Waals surface area contributed by atoms with Crippen LogP contribution in [0.2, 0.25) is 5.15 Å². The average Bonchev–Trinajstić information content (AvgIpc) is 2.70. The lowest BCUT2D eigenvalue weighted by Crippen LogP contribution is -2.17. The second kappa shape index (κ2) is 5.39. The van der Waals surface area contributed by atoms with Crippen molar-refractivity contribution in [2.45, 2.75) is 13.1 Å². The van der Waals surface area contributed by atoms with E-state index in [1.165, 1.54) is 0 Å². The van der Waals surface area contributed by atoms with Gasteiger partial charge in [0.2, 0.25) is 0 Å². The minimum Gasteiger partial charge on any atom is -0.296 e. The van der Waals surface area contributed by atoms with Gasteiger partial charge in [-0.3, -0.25) is 4.90 Å². The molecular weight excluding hydrogens is 242 g/mol. The predicted molar refractivity (Wildman–Crippen MR) is 66.5 cm³/mol. The fourth-order valence-electron chi connectivity index (χ4n) is 1.50. The molecule has 0 bridgehead atoms. The van der Waals surface area contributed by atoms with Crippen LogP contribution in [-0.2, 0) is 13.1 Å². The number of halogens is 1. The fraction of sp³-hybridized carbons (Fsp3) is 0.273. The number of thiazole rings is 1. The third kappa shape index (κ3) is 3.27. The molecule has 16 heavy (non-hydrogen) atoms. The zero-order valence-electron chi connectivity index (χ0n) is 8.93. The number of pyridine rings is 1. The van der Waals surface area contributed by atoms with Gasteiger partial charge >= 0.3 is 0 Å². The van der Waals surface area contributed by atoms with Crippen LogP contribution in [0.15, 0.2) is 29.2 Å². The maximum Gasteiger partial charge on any atom is 0.129 e. The molecule has 2 heterocycles. The van der Waals surface area contributed by atoms with Gasteiger partial charge in [-0.15, -0.1) is 11.3 Å². The van der Waals surface area contributed by atoms with E-state index in [1.807, 2.05) is 17.6 Å². The largest absolute Gasteiger partial charge is 0.296 e. The quantitative estimate of drug-likeness (QED) is 0.785. The lowest BCUT2D eigenvalue weighted by Gasteiger charge is -2.15. The first kappa shape index (κ1) is 11.5. The molecule has 2 aromatic rings. The van der Waals surface area contributed by atoms with E-state index in [1.54, 1.807) is 17.5 Å². The molecule has 0 saturated heterocycles. The Bertz CT molecular complexity index is 444. The van der Waals surface area contributed by atoms with Gasteiger partial charge in [0.05, 0.1) is 11.2 Å². The monoisotopic (exact) mass is 253 g/mol. The van der Waals surface area contributed by atoms with Crippen LogP contribution in [0.4, 0.5) is 0 Å². The highest BCUT2D eigenvalue weighted by molar-refractivity contribution is 7.07. The summed E-state index contributed by atoms with van der Waals surface area (Å²) in [6.07, 6.45) is 1.73. The third-order valence-corrected chi connectivity index (χ3v) is 3.00. The Morgan fingerprint density at radius 2 is 2.25 bits per heavy atom. The number of aromatic nitrogens is 2. The summed E-state index contributed by atoms with van der Waals surface area (Å²) >= 11 is 7.45. The molecule has 84 valence electrons.